The third kappa shape index (κ3) is 7.07. The molecule has 0 aliphatic heterocycles. The Morgan fingerprint density at radius 3 is 2.35 bits per heavy atom. The summed E-state index contributed by atoms with van der Waals surface area (Å²) < 4.78 is 45.8. The summed E-state index contributed by atoms with van der Waals surface area (Å²) in [6.07, 6.45) is 0.941. The van der Waals surface area contributed by atoms with Gasteiger partial charge < -0.3 is 15.0 Å². The lowest BCUT2D eigenvalue weighted by Gasteiger charge is -2.32. The van der Waals surface area contributed by atoms with Gasteiger partial charge in [-0.1, -0.05) is 29.8 Å². The van der Waals surface area contributed by atoms with Gasteiger partial charge in [0.25, 0.3) is 0 Å². The number of sulfonamides is 1. The second-order valence-electron chi connectivity index (χ2n) is 8.04. The molecule has 8 nitrogen and oxygen atoms in total. The van der Waals surface area contributed by atoms with E-state index in [4.69, 9.17) is 16.3 Å². The van der Waals surface area contributed by atoms with Crippen molar-refractivity contribution in [3.8, 4) is 5.75 Å². The maximum Gasteiger partial charge on any atom is 0.244 e. The van der Waals surface area contributed by atoms with Gasteiger partial charge in [0.1, 0.15) is 24.2 Å². The van der Waals surface area contributed by atoms with Gasteiger partial charge in [-0.3, -0.25) is 13.9 Å². The van der Waals surface area contributed by atoms with Gasteiger partial charge in [0, 0.05) is 23.2 Å². The summed E-state index contributed by atoms with van der Waals surface area (Å²) in [4.78, 5) is 27.3. The summed E-state index contributed by atoms with van der Waals surface area (Å²) in [6.45, 7) is 4.15. The molecule has 1 N–H and O–H groups in total. The first-order valence-corrected chi connectivity index (χ1v) is 12.7. The Morgan fingerprint density at radius 1 is 1.15 bits per heavy atom. The summed E-state index contributed by atoms with van der Waals surface area (Å²) in [6, 6.07) is 9.04. The Bertz CT molecular complexity index is 1140. The van der Waals surface area contributed by atoms with Crippen molar-refractivity contribution >= 4 is 39.1 Å². The van der Waals surface area contributed by atoms with E-state index in [1.165, 1.54) is 50.4 Å². The molecule has 0 aliphatic rings. The third-order valence-electron chi connectivity index (χ3n) is 4.99. The lowest BCUT2D eigenvalue weighted by atomic mass is 10.1. The molecule has 0 fully saturated rings. The van der Waals surface area contributed by atoms with Crippen molar-refractivity contribution < 1.29 is 27.1 Å². The van der Waals surface area contributed by atoms with Crippen LogP contribution in [-0.4, -0.2) is 57.1 Å². The molecule has 0 saturated carbocycles. The summed E-state index contributed by atoms with van der Waals surface area (Å²) in [5.41, 5.74) is 0.252. The smallest absolute Gasteiger partial charge is 0.244 e. The highest BCUT2D eigenvalue weighted by Crippen LogP contribution is 2.33. The molecule has 2 amide bonds. The quantitative estimate of drug-likeness (QED) is 0.526. The number of halogens is 2. The second kappa shape index (κ2) is 11.5. The van der Waals surface area contributed by atoms with E-state index in [0.717, 1.165) is 15.5 Å². The number of nitrogens with zero attached hydrogens (tertiary/aromatic N) is 2. The number of anilines is 1. The third-order valence-corrected chi connectivity index (χ3v) is 6.35. The number of hydrogen-bond acceptors (Lipinski definition) is 5. The molecule has 186 valence electrons. The molecule has 0 aromatic heterocycles. The Balaban J connectivity index is 2.48. The molecule has 0 heterocycles. The number of carbonyl (C=O) groups is 2. The van der Waals surface area contributed by atoms with Crippen LogP contribution in [0, 0.1) is 5.82 Å². The fourth-order valence-corrected chi connectivity index (χ4v) is 4.26. The van der Waals surface area contributed by atoms with Crippen LogP contribution in [0.5, 0.6) is 5.75 Å². The molecule has 2 aromatic carbocycles. The zero-order valence-corrected chi connectivity index (χ0v) is 21.3. The van der Waals surface area contributed by atoms with E-state index in [1.54, 1.807) is 19.9 Å². The minimum Gasteiger partial charge on any atom is -0.495 e. The Morgan fingerprint density at radius 2 is 1.79 bits per heavy atom. The molecule has 0 aliphatic carbocycles. The number of hydrogen-bond donors (Lipinski definition) is 1. The van der Waals surface area contributed by atoms with E-state index in [2.05, 4.69) is 5.32 Å². The van der Waals surface area contributed by atoms with Gasteiger partial charge in [0.15, 0.2) is 0 Å². The van der Waals surface area contributed by atoms with Crippen molar-refractivity contribution in [1.29, 1.82) is 0 Å². The van der Waals surface area contributed by atoms with Gasteiger partial charge in [-0.2, -0.15) is 0 Å². The van der Waals surface area contributed by atoms with Crippen molar-refractivity contribution in [1.82, 2.24) is 10.2 Å². The minimum absolute atomic E-state index is 0.0657. The van der Waals surface area contributed by atoms with Crippen LogP contribution in [0.15, 0.2) is 42.5 Å². The first kappa shape index (κ1) is 27.4. The monoisotopic (exact) mass is 513 g/mol. The van der Waals surface area contributed by atoms with E-state index in [-0.39, 0.29) is 34.6 Å². The fourth-order valence-electron chi connectivity index (χ4n) is 3.25. The first-order valence-electron chi connectivity index (χ1n) is 10.5. The maximum absolute atomic E-state index is 14.4. The summed E-state index contributed by atoms with van der Waals surface area (Å²) >= 11 is 6.07. The van der Waals surface area contributed by atoms with E-state index < -0.39 is 40.2 Å². The maximum atomic E-state index is 14.4. The summed E-state index contributed by atoms with van der Waals surface area (Å²) in [5.74, 6) is -1.52. The fraction of sp³-hybridized carbons (Fsp3) is 0.391. The van der Waals surface area contributed by atoms with Gasteiger partial charge in [0.05, 0.1) is 19.1 Å². The lowest BCUT2D eigenvalue weighted by molar-refractivity contribution is -0.139. The van der Waals surface area contributed by atoms with Gasteiger partial charge in [0.2, 0.25) is 21.8 Å². The largest absolute Gasteiger partial charge is 0.495 e. The minimum atomic E-state index is -3.97. The predicted molar refractivity (Wildman–Crippen MR) is 130 cm³/mol. The number of benzene rings is 2. The number of carbonyl (C=O) groups excluding carboxylic acids is 2. The Kier molecular flexibility index (Phi) is 9.29. The van der Waals surface area contributed by atoms with Crippen molar-refractivity contribution in [3.05, 3.63) is 58.9 Å². The van der Waals surface area contributed by atoms with Crippen LogP contribution in [0.2, 0.25) is 5.02 Å². The molecule has 11 heteroatoms. The average Bonchev–Trinajstić information content (AvgIpc) is 2.75. The molecular weight excluding hydrogens is 485 g/mol. The van der Waals surface area contributed by atoms with Crippen LogP contribution in [-0.2, 0) is 26.2 Å². The van der Waals surface area contributed by atoms with Crippen LogP contribution < -0.4 is 14.4 Å². The second-order valence-corrected chi connectivity index (χ2v) is 10.4. The molecule has 0 bridgehead atoms. The molecule has 0 spiro atoms. The van der Waals surface area contributed by atoms with Gasteiger partial charge >= 0.3 is 0 Å². The summed E-state index contributed by atoms with van der Waals surface area (Å²) in [7, 11) is -2.61. The number of amides is 2. The van der Waals surface area contributed by atoms with Crippen molar-refractivity contribution in [3.63, 3.8) is 0 Å². The highest BCUT2D eigenvalue weighted by atomic mass is 35.5. The topological polar surface area (TPSA) is 96.0 Å². The van der Waals surface area contributed by atoms with Crippen LogP contribution in [0.4, 0.5) is 10.1 Å². The van der Waals surface area contributed by atoms with Crippen LogP contribution in [0.3, 0.4) is 0 Å². The summed E-state index contributed by atoms with van der Waals surface area (Å²) in [5, 5.41) is 2.96. The van der Waals surface area contributed by atoms with Crippen molar-refractivity contribution in [2.75, 3.05) is 24.2 Å². The van der Waals surface area contributed by atoms with Crippen LogP contribution in [0.1, 0.15) is 26.3 Å². The van der Waals surface area contributed by atoms with Crippen LogP contribution in [0.25, 0.3) is 0 Å². The average molecular weight is 514 g/mol. The standard InChI is InChI=1S/C23H29ClFN3O5S/c1-15(2)26-23(30)16(3)27(13-17-8-6-7-9-19(17)25)22(29)14-28(34(5,31)32)20-12-18(24)10-11-21(20)33-4/h6-12,15-16H,13-14H2,1-5H3,(H,26,30). The number of nitrogens with one attached hydrogen (secondary N) is 1. The molecule has 0 radical (unpaired) electrons. The normalized spacial score (nSPS) is 12.2. The Labute approximate surface area is 204 Å². The van der Waals surface area contributed by atoms with E-state index in [1.807, 2.05) is 0 Å². The molecule has 34 heavy (non-hydrogen) atoms. The van der Waals surface area contributed by atoms with Crippen molar-refractivity contribution in [2.45, 2.75) is 39.4 Å². The van der Waals surface area contributed by atoms with Gasteiger partial charge in [-0.15, -0.1) is 0 Å². The number of methoxy groups -OCH3 is 1. The first-order chi connectivity index (χ1) is 15.8. The van der Waals surface area contributed by atoms with E-state index >= 15 is 0 Å². The number of rotatable bonds is 10. The van der Waals surface area contributed by atoms with Crippen molar-refractivity contribution in [2.24, 2.45) is 0 Å². The Hall–Kier alpha value is -2.85. The molecular formula is C23H29ClFN3O5S. The van der Waals surface area contributed by atoms with Gasteiger partial charge in [-0.05, 0) is 45.0 Å². The molecule has 1 atom stereocenters. The van der Waals surface area contributed by atoms with Gasteiger partial charge in [-0.25, -0.2) is 12.8 Å². The van der Waals surface area contributed by atoms with Crippen LogP contribution >= 0.6 is 11.6 Å². The molecule has 2 rings (SSSR count). The van der Waals surface area contributed by atoms with E-state index in [9.17, 15) is 22.4 Å². The molecule has 1 unspecified atom stereocenters. The molecule has 2 aromatic rings. The number of ether oxygens (including phenoxy) is 1. The highest BCUT2D eigenvalue weighted by molar-refractivity contribution is 7.92. The SMILES string of the molecule is COc1ccc(Cl)cc1N(CC(=O)N(Cc1ccccc1F)C(C)C(=O)NC(C)C)S(C)(=O)=O. The molecule has 0 saturated heterocycles. The predicted octanol–water partition coefficient (Wildman–Crippen LogP) is 3.20. The zero-order valence-electron chi connectivity index (χ0n) is 19.7. The lowest BCUT2D eigenvalue weighted by Crippen LogP contribution is -2.52. The zero-order chi connectivity index (χ0) is 25.6. The highest BCUT2D eigenvalue weighted by Gasteiger charge is 2.31. The van der Waals surface area contributed by atoms with E-state index in [0.29, 0.717) is 0 Å².